The van der Waals surface area contributed by atoms with Gasteiger partial charge in [-0.05, 0) is 6.07 Å². The van der Waals surface area contributed by atoms with Crippen molar-refractivity contribution in [2.45, 2.75) is 6.54 Å². The minimum Gasteiger partial charge on any atom is -0.349 e. The molecule has 2 heterocycles. The Kier molecular flexibility index (Phi) is 3.47. The summed E-state index contributed by atoms with van der Waals surface area (Å²) >= 11 is 1.63. The zero-order chi connectivity index (χ0) is 12.9. The average Bonchev–Trinajstić information content (AvgIpc) is 2.95. The van der Waals surface area contributed by atoms with Crippen LogP contribution >= 0.6 is 11.3 Å². The van der Waals surface area contributed by atoms with E-state index >= 15 is 0 Å². The van der Waals surface area contributed by atoms with Crippen LogP contribution in [0.4, 0.5) is 5.95 Å². The van der Waals surface area contributed by atoms with Crippen molar-refractivity contribution in [3.63, 3.8) is 0 Å². The molecule has 4 nitrogen and oxygen atoms in total. The lowest BCUT2D eigenvalue weighted by molar-refractivity contribution is 1.07. The quantitative estimate of drug-likeness (QED) is 0.789. The number of nitrogens with zero attached hydrogens (tertiary/aromatic N) is 3. The van der Waals surface area contributed by atoms with Crippen LogP contribution in [0.2, 0.25) is 0 Å². The number of benzene rings is 1. The average molecular weight is 268 g/mol. The molecular weight excluding hydrogens is 256 g/mol. The van der Waals surface area contributed by atoms with E-state index in [1.165, 1.54) is 4.88 Å². The predicted molar refractivity (Wildman–Crippen MR) is 76.9 cm³/mol. The number of hydrogen-bond donors (Lipinski definition) is 1. The van der Waals surface area contributed by atoms with Crippen LogP contribution in [0.5, 0.6) is 0 Å². The first-order valence-electron chi connectivity index (χ1n) is 5.92. The van der Waals surface area contributed by atoms with Gasteiger partial charge in [-0.3, -0.25) is 0 Å². The van der Waals surface area contributed by atoms with Gasteiger partial charge in [0.25, 0.3) is 0 Å². The summed E-state index contributed by atoms with van der Waals surface area (Å²) in [5.41, 5.74) is 4.02. The van der Waals surface area contributed by atoms with Crippen molar-refractivity contribution in [3.8, 4) is 11.3 Å². The Balaban J connectivity index is 1.78. The van der Waals surface area contributed by atoms with Crippen LogP contribution in [0.3, 0.4) is 0 Å². The largest absolute Gasteiger partial charge is 0.349 e. The van der Waals surface area contributed by atoms with Crippen LogP contribution in [-0.2, 0) is 6.54 Å². The van der Waals surface area contributed by atoms with Gasteiger partial charge in [-0.1, -0.05) is 30.3 Å². The van der Waals surface area contributed by atoms with Gasteiger partial charge in [0.1, 0.15) is 0 Å². The Labute approximate surface area is 115 Å². The van der Waals surface area contributed by atoms with Crippen LogP contribution in [0, 0.1) is 0 Å². The second kappa shape index (κ2) is 5.58. The number of anilines is 1. The Morgan fingerprint density at radius 1 is 0.947 bits per heavy atom. The molecule has 0 saturated heterocycles. The third-order valence-electron chi connectivity index (χ3n) is 2.66. The van der Waals surface area contributed by atoms with E-state index in [1.807, 2.05) is 23.7 Å². The second-order valence-corrected chi connectivity index (χ2v) is 4.86. The fraction of sp³-hybridized carbons (Fsp3) is 0.0714. The number of nitrogens with one attached hydrogen (secondary N) is 1. The lowest BCUT2D eigenvalue weighted by Crippen LogP contribution is -2.02. The Bertz CT molecular complexity index is 637. The van der Waals surface area contributed by atoms with Gasteiger partial charge < -0.3 is 5.32 Å². The Morgan fingerprint density at radius 3 is 2.53 bits per heavy atom. The first kappa shape index (κ1) is 11.8. The predicted octanol–water partition coefficient (Wildman–Crippen LogP) is 3.21. The Morgan fingerprint density at radius 2 is 1.74 bits per heavy atom. The third-order valence-corrected chi connectivity index (χ3v) is 3.49. The molecule has 2 aromatic heterocycles. The van der Waals surface area contributed by atoms with E-state index in [2.05, 4.69) is 32.4 Å². The number of aromatic nitrogens is 3. The molecule has 3 aromatic rings. The summed E-state index contributed by atoms with van der Waals surface area (Å²) in [6, 6.07) is 12.0. The van der Waals surface area contributed by atoms with Gasteiger partial charge in [0.2, 0.25) is 5.95 Å². The highest BCUT2D eigenvalue weighted by atomic mass is 32.1. The molecule has 5 heteroatoms. The normalized spacial score (nSPS) is 10.3. The minimum absolute atomic E-state index is 0.634. The number of thiazole rings is 1. The molecule has 0 aliphatic rings. The summed E-state index contributed by atoms with van der Waals surface area (Å²) in [5, 5.41) is 3.21. The van der Waals surface area contributed by atoms with Crippen LogP contribution in [0.25, 0.3) is 11.3 Å². The molecule has 0 aliphatic carbocycles. The molecular formula is C14H12N4S. The zero-order valence-electron chi connectivity index (χ0n) is 10.2. The molecule has 0 amide bonds. The van der Waals surface area contributed by atoms with Crippen molar-refractivity contribution >= 4 is 17.3 Å². The van der Waals surface area contributed by atoms with E-state index < -0.39 is 0 Å². The lowest BCUT2D eigenvalue weighted by Gasteiger charge is -2.04. The van der Waals surface area contributed by atoms with E-state index in [-0.39, 0.29) is 0 Å². The number of hydrogen-bond acceptors (Lipinski definition) is 5. The summed E-state index contributed by atoms with van der Waals surface area (Å²) in [5.74, 6) is 0.634. The minimum atomic E-state index is 0.634. The first-order chi connectivity index (χ1) is 9.43. The molecule has 0 saturated carbocycles. The molecule has 19 heavy (non-hydrogen) atoms. The Hall–Kier alpha value is -2.27. The van der Waals surface area contributed by atoms with Gasteiger partial charge in [-0.25, -0.2) is 15.0 Å². The van der Waals surface area contributed by atoms with Crippen LogP contribution in [-0.4, -0.2) is 15.0 Å². The van der Waals surface area contributed by atoms with Crippen molar-refractivity contribution in [3.05, 3.63) is 59.2 Å². The SMILES string of the molecule is c1ccc(-c2ncsc2CNc2ncccn2)cc1. The molecule has 0 spiro atoms. The van der Waals surface area contributed by atoms with Crippen molar-refractivity contribution in [2.24, 2.45) is 0 Å². The molecule has 1 N–H and O–H groups in total. The van der Waals surface area contributed by atoms with Crippen LogP contribution in [0.1, 0.15) is 4.88 Å². The molecule has 0 aliphatic heterocycles. The highest BCUT2D eigenvalue weighted by molar-refractivity contribution is 7.10. The molecule has 0 unspecified atom stereocenters. The molecule has 0 bridgehead atoms. The zero-order valence-corrected chi connectivity index (χ0v) is 11.0. The van der Waals surface area contributed by atoms with Crippen molar-refractivity contribution in [1.29, 1.82) is 0 Å². The van der Waals surface area contributed by atoms with Gasteiger partial charge in [-0.15, -0.1) is 11.3 Å². The molecule has 94 valence electrons. The summed E-state index contributed by atoms with van der Waals surface area (Å²) < 4.78 is 0. The molecule has 1 aromatic carbocycles. The molecule has 0 radical (unpaired) electrons. The van der Waals surface area contributed by atoms with Gasteiger partial charge in [0.15, 0.2) is 0 Å². The molecule has 3 rings (SSSR count). The van der Waals surface area contributed by atoms with E-state index in [4.69, 9.17) is 0 Å². The highest BCUT2D eigenvalue weighted by Crippen LogP contribution is 2.25. The fourth-order valence-electron chi connectivity index (χ4n) is 1.78. The summed E-state index contributed by atoms with van der Waals surface area (Å²) in [4.78, 5) is 13.9. The first-order valence-corrected chi connectivity index (χ1v) is 6.80. The van der Waals surface area contributed by atoms with E-state index in [1.54, 1.807) is 29.8 Å². The summed E-state index contributed by atoms with van der Waals surface area (Å²) in [6.07, 6.45) is 3.44. The van der Waals surface area contributed by atoms with E-state index in [0.717, 1.165) is 11.3 Å². The monoisotopic (exact) mass is 268 g/mol. The third kappa shape index (κ3) is 2.77. The smallest absolute Gasteiger partial charge is 0.222 e. The van der Waals surface area contributed by atoms with E-state index in [0.29, 0.717) is 12.5 Å². The number of rotatable bonds is 4. The van der Waals surface area contributed by atoms with Gasteiger partial charge in [-0.2, -0.15) is 0 Å². The molecule has 0 fully saturated rings. The summed E-state index contributed by atoms with van der Waals surface area (Å²) in [6.45, 7) is 0.679. The molecule has 0 atom stereocenters. The van der Waals surface area contributed by atoms with E-state index in [9.17, 15) is 0 Å². The highest BCUT2D eigenvalue weighted by Gasteiger charge is 2.08. The maximum Gasteiger partial charge on any atom is 0.222 e. The second-order valence-electron chi connectivity index (χ2n) is 3.92. The van der Waals surface area contributed by atoms with Crippen LogP contribution in [0.15, 0.2) is 54.3 Å². The van der Waals surface area contributed by atoms with Crippen molar-refractivity contribution in [2.75, 3.05) is 5.32 Å². The van der Waals surface area contributed by atoms with Gasteiger partial charge >= 0.3 is 0 Å². The van der Waals surface area contributed by atoms with Crippen molar-refractivity contribution in [1.82, 2.24) is 15.0 Å². The van der Waals surface area contributed by atoms with Crippen LogP contribution < -0.4 is 5.32 Å². The summed E-state index contributed by atoms with van der Waals surface area (Å²) in [7, 11) is 0. The van der Waals surface area contributed by atoms with Crippen molar-refractivity contribution < 1.29 is 0 Å². The standard InChI is InChI=1S/C14H12N4S/c1-2-5-11(6-3-1)13-12(19-10-18-13)9-17-14-15-7-4-8-16-14/h1-8,10H,9H2,(H,15,16,17). The van der Waals surface area contributed by atoms with Gasteiger partial charge in [0.05, 0.1) is 22.6 Å². The topological polar surface area (TPSA) is 50.7 Å². The fourth-order valence-corrected chi connectivity index (χ4v) is 2.50. The maximum absolute atomic E-state index is 4.44. The maximum atomic E-state index is 4.44. The van der Waals surface area contributed by atoms with Gasteiger partial charge in [0, 0.05) is 18.0 Å². The lowest BCUT2D eigenvalue weighted by atomic mass is 10.1.